The Morgan fingerprint density at radius 3 is 3.00 bits per heavy atom. The van der Waals surface area contributed by atoms with E-state index in [0.717, 1.165) is 11.5 Å². The van der Waals surface area contributed by atoms with E-state index < -0.39 is 0 Å². The molecule has 15 heavy (non-hydrogen) atoms. The Kier molecular flexibility index (Phi) is 2.51. The number of aromatic nitrogens is 4. The minimum Gasteiger partial charge on any atom is -0.388 e. The third kappa shape index (κ3) is 1.89. The maximum absolute atomic E-state index is 5.59. The van der Waals surface area contributed by atoms with Crippen molar-refractivity contribution in [1.29, 1.82) is 0 Å². The first-order valence-corrected chi connectivity index (χ1v) is 4.87. The molecule has 0 atom stereocenters. The zero-order valence-corrected chi connectivity index (χ0v) is 9.11. The highest BCUT2D eigenvalue weighted by molar-refractivity contribution is 7.80. The van der Waals surface area contributed by atoms with Crippen molar-refractivity contribution < 1.29 is 0 Å². The molecule has 2 N–H and O–H groups in total. The van der Waals surface area contributed by atoms with Crippen LogP contribution in [0.25, 0.3) is 0 Å². The van der Waals surface area contributed by atoms with Gasteiger partial charge in [0.1, 0.15) is 17.1 Å². The molecule has 0 aliphatic heterocycles. The van der Waals surface area contributed by atoms with Crippen LogP contribution in [-0.4, -0.2) is 24.3 Å². The molecule has 2 aromatic heterocycles. The van der Waals surface area contributed by atoms with Gasteiger partial charge in [-0.05, 0) is 12.1 Å². The molecule has 0 aliphatic rings. The third-order valence-electron chi connectivity index (χ3n) is 2.20. The minimum atomic E-state index is 0.391. The van der Waals surface area contributed by atoms with E-state index >= 15 is 0 Å². The summed E-state index contributed by atoms with van der Waals surface area (Å²) in [6.07, 6.45) is 3.45. The van der Waals surface area contributed by atoms with Gasteiger partial charge < -0.3 is 10.3 Å². The molecule has 0 saturated carbocycles. The lowest BCUT2D eigenvalue weighted by Crippen LogP contribution is -2.17. The van der Waals surface area contributed by atoms with Crippen molar-refractivity contribution in [2.75, 3.05) is 0 Å². The van der Waals surface area contributed by atoms with E-state index in [2.05, 4.69) is 10.1 Å². The molecule has 78 valence electrons. The number of nitrogens with two attached hydrogens (primary N) is 1. The average molecular weight is 221 g/mol. The molecule has 0 unspecified atom stereocenters. The van der Waals surface area contributed by atoms with Gasteiger partial charge >= 0.3 is 0 Å². The van der Waals surface area contributed by atoms with Gasteiger partial charge in [0.25, 0.3) is 0 Å². The number of hydrogen-bond donors (Lipinski definition) is 1. The van der Waals surface area contributed by atoms with Crippen LogP contribution < -0.4 is 5.73 Å². The largest absolute Gasteiger partial charge is 0.388 e. The van der Waals surface area contributed by atoms with Crippen molar-refractivity contribution in [2.24, 2.45) is 12.8 Å². The van der Waals surface area contributed by atoms with Gasteiger partial charge in [0.15, 0.2) is 0 Å². The summed E-state index contributed by atoms with van der Waals surface area (Å²) in [5, 5.41) is 4.00. The van der Waals surface area contributed by atoms with Crippen LogP contribution in [0.1, 0.15) is 11.5 Å². The van der Waals surface area contributed by atoms with Crippen LogP contribution >= 0.6 is 12.2 Å². The van der Waals surface area contributed by atoms with Gasteiger partial charge in [-0.2, -0.15) is 5.10 Å². The normalized spacial score (nSPS) is 10.5. The van der Waals surface area contributed by atoms with Crippen LogP contribution in [0, 0.1) is 0 Å². The Hall–Kier alpha value is -1.69. The lowest BCUT2D eigenvalue weighted by molar-refractivity contribution is 0.653. The number of thiocarbonyl (C=S) groups is 1. The van der Waals surface area contributed by atoms with E-state index in [4.69, 9.17) is 18.0 Å². The fourth-order valence-corrected chi connectivity index (χ4v) is 1.58. The summed E-state index contributed by atoms with van der Waals surface area (Å²) < 4.78 is 3.68. The van der Waals surface area contributed by atoms with Gasteiger partial charge in [-0.15, -0.1) is 0 Å². The summed E-state index contributed by atoms with van der Waals surface area (Å²) in [6.45, 7) is 0.621. The maximum Gasteiger partial charge on any atom is 0.146 e. The van der Waals surface area contributed by atoms with E-state index in [0.29, 0.717) is 11.5 Å². The van der Waals surface area contributed by atoms with E-state index in [1.807, 2.05) is 29.9 Å². The SMILES string of the molecule is Cn1ncnc1Cn1cccc1C(N)=S. The standard InChI is InChI=1S/C9H11N5S/c1-13-8(11-6-12-13)5-14-4-2-3-7(14)9(10)15/h2-4,6H,5H2,1H3,(H2,10,15). The first-order valence-electron chi connectivity index (χ1n) is 4.46. The number of rotatable bonds is 3. The molecule has 5 nitrogen and oxygen atoms in total. The highest BCUT2D eigenvalue weighted by Gasteiger charge is 2.06. The fourth-order valence-electron chi connectivity index (χ4n) is 1.39. The third-order valence-corrected chi connectivity index (χ3v) is 2.41. The topological polar surface area (TPSA) is 61.7 Å². The average Bonchev–Trinajstić information content (AvgIpc) is 2.77. The molecular formula is C9H11N5S. The Bertz CT molecular complexity index is 484. The van der Waals surface area contributed by atoms with Crippen LogP contribution in [0.15, 0.2) is 24.7 Å². The summed E-state index contributed by atoms with van der Waals surface area (Å²) >= 11 is 4.95. The van der Waals surface area contributed by atoms with Gasteiger partial charge in [-0.1, -0.05) is 12.2 Å². The molecule has 0 spiro atoms. The first kappa shape index (κ1) is 9.85. The summed E-state index contributed by atoms with van der Waals surface area (Å²) in [6, 6.07) is 3.80. The monoisotopic (exact) mass is 221 g/mol. The zero-order chi connectivity index (χ0) is 10.8. The van der Waals surface area contributed by atoms with E-state index in [-0.39, 0.29) is 0 Å². The molecule has 0 fully saturated rings. The van der Waals surface area contributed by atoms with Crippen LogP contribution in [0.5, 0.6) is 0 Å². The summed E-state index contributed by atoms with van der Waals surface area (Å²) in [5.41, 5.74) is 6.43. The second-order valence-corrected chi connectivity index (χ2v) is 3.63. The van der Waals surface area contributed by atoms with E-state index in [1.165, 1.54) is 6.33 Å². The van der Waals surface area contributed by atoms with Crippen molar-refractivity contribution in [2.45, 2.75) is 6.54 Å². The predicted molar refractivity (Wildman–Crippen MR) is 60.4 cm³/mol. The van der Waals surface area contributed by atoms with Gasteiger partial charge in [0, 0.05) is 13.2 Å². The molecule has 0 bridgehead atoms. The van der Waals surface area contributed by atoms with Crippen LogP contribution in [0.4, 0.5) is 0 Å². The summed E-state index contributed by atoms with van der Waals surface area (Å²) in [4.78, 5) is 4.53. The van der Waals surface area contributed by atoms with Crippen molar-refractivity contribution in [3.05, 3.63) is 36.2 Å². The van der Waals surface area contributed by atoms with Crippen molar-refractivity contribution >= 4 is 17.2 Å². The second-order valence-electron chi connectivity index (χ2n) is 3.19. The maximum atomic E-state index is 5.59. The predicted octanol–water partition coefficient (Wildman–Crippen LogP) is 0.299. The van der Waals surface area contributed by atoms with Gasteiger partial charge in [-0.3, -0.25) is 4.68 Å². The molecule has 0 radical (unpaired) electrons. The lowest BCUT2D eigenvalue weighted by atomic mass is 10.4. The van der Waals surface area contributed by atoms with Crippen molar-refractivity contribution in [3.63, 3.8) is 0 Å². The molecular weight excluding hydrogens is 210 g/mol. The Labute approximate surface area is 92.5 Å². The summed E-state index contributed by atoms with van der Waals surface area (Å²) in [7, 11) is 1.85. The van der Waals surface area contributed by atoms with Gasteiger partial charge in [-0.25, -0.2) is 4.98 Å². The highest BCUT2D eigenvalue weighted by atomic mass is 32.1. The Morgan fingerprint density at radius 1 is 1.60 bits per heavy atom. The van der Waals surface area contributed by atoms with Crippen LogP contribution in [0.2, 0.25) is 0 Å². The van der Waals surface area contributed by atoms with Crippen molar-refractivity contribution in [1.82, 2.24) is 19.3 Å². The number of hydrogen-bond acceptors (Lipinski definition) is 3. The highest BCUT2D eigenvalue weighted by Crippen LogP contribution is 2.05. The van der Waals surface area contributed by atoms with E-state index in [9.17, 15) is 0 Å². The van der Waals surface area contributed by atoms with Gasteiger partial charge in [0.05, 0.1) is 12.2 Å². The molecule has 0 aliphatic carbocycles. The molecule has 0 amide bonds. The quantitative estimate of drug-likeness (QED) is 0.757. The molecule has 2 aromatic rings. The summed E-state index contributed by atoms with van der Waals surface area (Å²) in [5.74, 6) is 0.865. The van der Waals surface area contributed by atoms with Gasteiger partial charge in [0.2, 0.25) is 0 Å². The van der Waals surface area contributed by atoms with Crippen LogP contribution in [0.3, 0.4) is 0 Å². The Balaban J connectivity index is 2.28. The minimum absolute atomic E-state index is 0.391. The second kappa shape index (κ2) is 3.82. The zero-order valence-electron chi connectivity index (χ0n) is 8.29. The molecule has 2 rings (SSSR count). The van der Waals surface area contributed by atoms with E-state index in [1.54, 1.807) is 4.68 Å². The number of nitrogens with zero attached hydrogens (tertiary/aromatic N) is 4. The van der Waals surface area contributed by atoms with Crippen molar-refractivity contribution in [3.8, 4) is 0 Å². The fraction of sp³-hybridized carbons (Fsp3) is 0.222. The van der Waals surface area contributed by atoms with Crippen LogP contribution in [-0.2, 0) is 13.6 Å². The Morgan fingerprint density at radius 2 is 2.40 bits per heavy atom. The number of aryl methyl sites for hydroxylation is 1. The molecule has 0 aromatic carbocycles. The first-order chi connectivity index (χ1) is 7.18. The molecule has 0 saturated heterocycles. The molecule has 6 heteroatoms. The lowest BCUT2D eigenvalue weighted by Gasteiger charge is -2.06. The smallest absolute Gasteiger partial charge is 0.146 e. The molecule has 2 heterocycles.